The van der Waals surface area contributed by atoms with Gasteiger partial charge in [-0.15, -0.1) is 12.4 Å². The molecule has 1 aliphatic rings. The van der Waals surface area contributed by atoms with Crippen LogP contribution in [0.2, 0.25) is 0 Å². The minimum atomic E-state index is -0.769. The van der Waals surface area contributed by atoms with Gasteiger partial charge in [-0.2, -0.15) is 0 Å². The van der Waals surface area contributed by atoms with Crippen LogP contribution in [0.15, 0.2) is 12.2 Å². The molecular formula is C9H16ClNO2. The highest BCUT2D eigenvalue weighted by Crippen LogP contribution is 2.17. The summed E-state index contributed by atoms with van der Waals surface area (Å²) in [6.07, 6.45) is 7.58. The normalized spacial score (nSPS) is 30.8. The van der Waals surface area contributed by atoms with E-state index in [9.17, 15) is 4.79 Å². The second-order valence-corrected chi connectivity index (χ2v) is 3.23. The number of carboxylic acid groups (broad SMARTS) is 1. The predicted octanol–water partition coefficient (Wildman–Crippen LogP) is 1.57. The highest BCUT2D eigenvalue weighted by atomic mass is 35.5. The van der Waals surface area contributed by atoms with Crippen LogP contribution >= 0.6 is 12.4 Å². The van der Waals surface area contributed by atoms with E-state index in [1.165, 1.54) is 0 Å². The molecule has 1 aliphatic carbocycles. The predicted molar refractivity (Wildman–Crippen MR) is 54.0 cm³/mol. The number of rotatable bonds is 1. The van der Waals surface area contributed by atoms with Gasteiger partial charge >= 0.3 is 5.97 Å². The van der Waals surface area contributed by atoms with Crippen LogP contribution in [0.1, 0.15) is 25.7 Å². The van der Waals surface area contributed by atoms with Gasteiger partial charge < -0.3 is 10.8 Å². The summed E-state index contributed by atoms with van der Waals surface area (Å²) < 4.78 is 0. The fourth-order valence-electron chi connectivity index (χ4n) is 1.49. The average molecular weight is 206 g/mol. The van der Waals surface area contributed by atoms with Crippen LogP contribution in [-0.2, 0) is 4.79 Å². The molecule has 4 heteroatoms. The molecule has 0 saturated heterocycles. The van der Waals surface area contributed by atoms with Gasteiger partial charge in [0.25, 0.3) is 0 Å². The number of nitrogens with two attached hydrogens (primary N) is 1. The Hall–Kier alpha value is -0.540. The van der Waals surface area contributed by atoms with Gasteiger partial charge in [0.05, 0.1) is 5.92 Å². The molecule has 76 valence electrons. The Morgan fingerprint density at radius 1 is 1.46 bits per heavy atom. The molecule has 13 heavy (non-hydrogen) atoms. The van der Waals surface area contributed by atoms with E-state index in [0.717, 1.165) is 19.3 Å². The Morgan fingerprint density at radius 3 is 2.77 bits per heavy atom. The number of allylic oxidation sites excluding steroid dienone is 1. The molecule has 0 aromatic rings. The summed E-state index contributed by atoms with van der Waals surface area (Å²) in [6.45, 7) is 0. The Bertz CT molecular complexity index is 194. The summed E-state index contributed by atoms with van der Waals surface area (Å²) >= 11 is 0. The molecule has 0 radical (unpaired) electrons. The number of hydrogen-bond acceptors (Lipinski definition) is 2. The minimum Gasteiger partial charge on any atom is -0.481 e. The van der Waals surface area contributed by atoms with Crippen LogP contribution < -0.4 is 5.73 Å². The Kier molecular flexibility index (Phi) is 5.75. The molecule has 0 aliphatic heterocycles. The molecule has 0 aromatic heterocycles. The minimum absolute atomic E-state index is 0. The van der Waals surface area contributed by atoms with Crippen molar-refractivity contribution in [1.29, 1.82) is 0 Å². The van der Waals surface area contributed by atoms with Crippen molar-refractivity contribution in [3.05, 3.63) is 12.2 Å². The Morgan fingerprint density at radius 2 is 2.15 bits per heavy atom. The average Bonchev–Trinajstić information content (AvgIpc) is 1.96. The lowest BCUT2D eigenvalue weighted by Gasteiger charge is -2.18. The van der Waals surface area contributed by atoms with E-state index < -0.39 is 5.97 Å². The van der Waals surface area contributed by atoms with Crippen LogP contribution in [0.3, 0.4) is 0 Å². The summed E-state index contributed by atoms with van der Waals surface area (Å²) in [4.78, 5) is 10.7. The first-order valence-electron chi connectivity index (χ1n) is 4.37. The molecule has 0 saturated carbocycles. The van der Waals surface area contributed by atoms with Gasteiger partial charge in [0, 0.05) is 6.04 Å². The number of aliphatic carboxylic acids is 1. The number of hydrogen-bond donors (Lipinski definition) is 2. The number of halogens is 1. The van der Waals surface area contributed by atoms with E-state index in [-0.39, 0.29) is 24.4 Å². The lowest BCUT2D eigenvalue weighted by atomic mass is 9.91. The van der Waals surface area contributed by atoms with Crippen molar-refractivity contribution in [2.24, 2.45) is 11.7 Å². The zero-order chi connectivity index (χ0) is 8.97. The second kappa shape index (κ2) is 6.00. The van der Waals surface area contributed by atoms with E-state index in [2.05, 4.69) is 0 Å². The molecule has 2 atom stereocenters. The largest absolute Gasteiger partial charge is 0.481 e. The van der Waals surface area contributed by atoms with Gasteiger partial charge in [0.1, 0.15) is 0 Å². The SMILES string of the molecule is Cl.NC1/C=C\CCCCC1C(=O)O. The maximum atomic E-state index is 10.7. The third-order valence-electron chi connectivity index (χ3n) is 2.28. The third-order valence-corrected chi connectivity index (χ3v) is 2.28. The smallest absolute Gasteiger partial charge is 0.308 e. The molecule has 1 rings (SSSR count). The van der Waals surface area contributed by atoms with Crippen LogP contribution in [-0.4, -0.2) is 17.1 Å². The van der Waals surface area contributed by atoms with Gasteiger partial charge in [-0.25, -0.2) is 0 Å². The topological polar surface area (TPSA) is 63.3 Å². The molecular weight excluding hydrogens is 190 g/mol. The van der Waals surface area contributed by atoms with Gasteiger partial charge in [-0.1, -0.05) is 18.6 Å². The zero-order valence-corrected chi connectivity index (χ0v) is 8.30. The fraction of sp³-hybridized carbons (Fsp3) is 0.667. The highest BCUT2D eigenvalue weighted by molar-refractivity contribution is 5.85. The zero-order valence-electron chi connectivity index (χ0n) is 7.48. The molecule has 0 spiro atoms. The van der Waals surface area contributed by atoms with Crippen molar-refractivity contribution in [3.63, 3.8) is 0 Å². The lowest BCUT2D eigenvalue weighted by Crippen LogP contribution is -2.34. The van der Waals surface area contributed by atoms with Crippen molar-refractivity contribution in [2.45, 2.75) is 31.7 Å². The van der Waals surface area contributed by atoms with Crippen LogP contribution in [0, 0.1) is 5.92 Å². The molecule has 3 N–H and O–H groups in total. The first-order valence-corrected chi connectivity index (χ1v) is 4.37. The van der Waals surface area contributed by atoms with Crippen LogP contribution in [0.4, 0.5) is 0 Å². The summed E-state index contributed by atoms with van der Waals surface area (Å²) in [5, 5.41) is 8.81. The van der Waals surface area contributed by atoms with E-state index in [0.29, 0.717) is 6.42 Å². The van der Waals surface area contributed by atoms with E-state index in [1.807, 2.05) is 12.2 Å². The molecule has 0 amide bonds. The van der Waals surface area contributed by atoms with E-state index in [1.54, 1.807) is 0 Å². The standard InChI is InChI=1S/C9H15NO2.ClH/c10-8-6-4-2-1-3-5-7(8)9(11)12;/h4,6-8H,1-3,5,10H2,(H,11,12);1H/b6-4-;. The lowest BCUT2D eigenvalue weighted by molar-refractivity contribution is -0.142. The van der Waals surface area contributed by atoms with Crippen LogP contribution in [0.5, 0.6) is 0 Å². The summed E-state index contributed by atoms with van der Waals surface area (Å²) in [6, 6.07) is -0.303. The first kappa shape index (κ1) is 12.5. The van der Waals surface area contributed by atoms with Gasteiger partial charge in [-0.3, -0.25) is 4.79 Å². The molecule has 0 aromatic carbocycles. The van der Waals surface area contributed by atoms with Crippen molar-refractivity contribution in [3.8, 4) is 0 Å². The maximum absolute atomic E-state index is 10.7. The quantitative estimate of drug-likeness (QED) is 0.639. The highest BCUT2D eigenvalue weighted by Gasteiger charge is 2.23. The van der Waals surface area contributed by atoms with Crippen molar-refractivity contribution >= 4 is 18.4 Å². The Balaban J connectivity index is 0.00000144. The van der Waals surface area contributed by atoms with Gasteiger partial charge in [0.15, 0.2) is 0 Å². The molecule has 2 unspecified atom stereocenters. The molecule has 0 heterocycles. The van der Waals surface area contributed by atoms with E-state index in [4.69, 9.17) is 10.8 Å². The summed E-state index contributed by atoms with van der Waals surface area (Å²) in [5.41, 5.74) is 5.68. The maximum Gasteiger partial charge on any atom is 0.308 e. The molecule has 0 bridgehead atoms. The monoisotopic (exact) mass is 205 g/mol. The van der Waals surface area contributed by atoms with E-state index >= 15 is 0 Å². The number of carboxylic acids is 1. The van der Waals surface area contributed by atoms with Crippen molar-refractivity contribution in [2.75, 3.05) is 0 Å². The summed E-state index contributed by atoms with van der Waals surface area (Å²) in [7, 11) is 0. The van der Waals surface area contributed by atoms with Crippen molar-refractivity contribution in [1.82, 2.24) is 0 Å². The number of carbonyl (C=O) groups is 1. The Labute approximate surface area is 84.4 Å². The van der Waals surface area contributed by atoms with Gasteiger partial charge in [0.2, 0.25) is 0 Å². The summed E-state index contributed by atoms with van der Waals surface area (Å²) in [5.74, 6) is -1.16. The first-order chi connectivity index (χ1) is 5.72. The molecule has 0 fully saturated rings. The third kappa shape index (κ3) is 3.79. The fourth-order valence-corrected chi connectivity index (χ4v) is 1.49. The van der Waals surface area contributed by atoms with Gasteiger partial charge in [-0.05, 0) is 19.3 Å². The van der Waals surface area contributed by atoms with Crippen LogP contribution in [0.25, 0.3) is 0 Å². The second-order valence-electron chi connectivity index (χ2n) is 3.23. The van der Waals surface area contributed by atoms with Crippen molar-refractivity contribution < 1.29 is 9.90 Å². The molecule has 3 nitrogen and oxygen atoms in total.